The van der Waals surface area contributed by atoms with Crippen molar-refractivity contribution in [2.24, 2.45) is 0 Å². The molecule has 1 fully saturated rings. The monoisotopic (exact) mass is 451 g/mol. The van der Waals surface area contributed by atoms with Crippen LogP contribution in [0.2, 0.25) is 0 Å². The highest BCUT2D eigenvalue weighted by Crippen LogP contribution is 2.36. The van der Waals surface area contributed by atoms with Crippen LogP contribution in [0.4, 0.5) is 31.5 Å². The number of hydrogen-bond acceptors (Lipinski definition) is 4. The molecule has 1 aromatic carbocycles. The molecule has 0 aliphatic carbocycles. The average molecular weight is 451 g/mol. The molecule has 1 saturated heterocycles. The molecule has 30 heavy (non-hydrogen) atoms. The van der Waals surface area contributed by atoms with Crippen LogP contribution in [0.1, 0.15) is 52.5 Å². The smallest absolute Gasteiger partial charge is 0.298 e. The summed E-state index contributed by atoms with van der Waals surface area (Å²) < 4.78 is 77.8. The van der Waals surface area contributed by atoms with Crippen molar-refractivity contribution in [3.8, 4) is 0 Å². The summed E-state index contributed by atoms with van der Waals surface area (Å²) in [5.74, 6) is -1.08. The van der Waals surface area contributed by atoms with Crippen molar-refractivity contribution < 1.29 is 31.1 Å². The Labute approximate surface area is 172 Å². The summed E-state index contributed by atoms with van der Waals surface area (Å²) in [5, 5.41) is 2.42. The molecule has 1 aliphatic rings. The van der Waals surface area contributed by atoms with E-state index in [4.69, 9.17) is 0 Å². The molecule has 0 radical (unpaired) electrons. The molecule has 0 spiro atoms. The Hall–Kier alpha value is -2.14. The largest absolute Gasteiger partial charge is 0.416 e. The minimum atomic E-state index is -5.02. The maximum absolute atomic E-state index is 13.0. The van der Waals surface area contributed by atoms with Crippen LogP contribution in [0.5, 0.6) is 0 Å². The maximum Gasteiger partial charge on any atom is 0.416 e. The standard InChI is InChI=1S/C19H19F6N3OS/c1-11-4-2-3-5-28(11)10-15-9-26-17(30-15)27-16(29)12-6-13(18(20,21)22)8-14(7-12)19(23,24)25/h6-9,11H,2-5,10H2,1H3,(H,26,27,29). The number of rotatable bonds is 4. The lowest BCUT2D eigenvalue weighted by Crippen LogP contribution is -2.36. The van der Waals surface area contributed by atoms with Crippen molar-refractivity contribution in [1.82, 2.24) is 9.88 Å². The fourth-order valence-corrected chi connectivity index (χ4v) is 4.12. The number of carbonyl (C=O) groups is 1. The van der Waals surface area contributed by atoms with E-state index in [9.17, 15) is 31.1 Å². The van der Waals surface area contributed by atoms with Crippen molar-refractivity contribution in [3.63, 3.8) is 0 Å². The van der Waals surface area contributed by atoms with E-state index >= 15 is 0 Å². The third-order valence-corrected chi connectivity index (χ3v) is 5.82. The molecule has 1 N–H and O–H groups in total. The molecule has 0 saturated carbocycles. The van der Waals surface area contributed by atoms with Gasteiger partial charge in [-0.05, 0) is 44.5 Å². The molecular formula is C19H19F6N3OS. The first-order valence-electron chi connectivity index (χ1n) is 9.23. The molecular weight excluding hydrogens is 432 g/mol. The van der Waals surface area contributed by atoms with E-state index < -0.39 is 35.0 Å². The molecule has 164 valence electrons. The average Bonchev–Trinajstić information content (AvgIpc) is 3.08. The Morgan fingerprint density at radius 2 is 1.77 bits per heavy atom. The number of anilines is 1. The van der Waals surface area contributed by atoms with E-state index in [1.165, 1.54) is 6.42 Å². The van der Waals surface area contributed by atoms with Gasteiger partial charge in [-0.25, -0.2) is 4.98 Å². The number of alkyl halides is 6. The lowest BCUT2D eigenvalue weighted by atomic mass is 10.0. The first kappa shape index (κ1) is 22.5. The Bertz CT molecular complexity index is 876. The van der Waals surface area contributed by atoms with Crippen molar-refractivity contribution in [2.45, 2.75) is 51.1 Å². The van der Waals surface area contributed by atoms with Gasteiger partial charge in [0.15, 0.2) is 5.13 Å². The highest BCUT2D eigenvalue weighted by Gasteiger charge is 2.37. The molecule has 2 aromatic rings. The summed E-state index contributed by atoms with van der Waals surface area (Å²) in [6.07, 6.45) is -5.15. The van der Waals surface area contributed by atoms with Crippen molar-refractivity contribution in [2.75, 3.05) is 11.9 Å². The lowest BCUT2D eigenvalue weighted by molar-refractivity contribution is -0.143. The summed E-state index contributed by atoms with van der Waals surface area (Å²) in [6, 6.07) is 1.19. The minimum Gasteiger partial charge on any atom is -0.298 e. The van der Waals surface area contributed by atoms with Gasteiger partial charge in [0.1, 0.15) is 0 Å². The van der Waals surface area contributed by atoms with Gasteiger partial charge in [0.2, 0.25) is 0 Å². The van der Waals surface area contributed by atoms with Crippen LogP contribution in [0, 0.1) is 0 Å². The number of halogens is 6. The third kappa shape index (κ3) is 5.51. The fourth-order valence-electron chi connectivity index (χ4n) is 3.29. The SMILES string of the molecule is CC1CCCCN1Cc1cnc(NC(=O)c2cc(C(F)(F)F)cc(C(F)(F)F)c2)s1. The molecule has 1 unspecified atom stereocenters. The number of aromatic nitrogens is 1. The van der Waals surface area contributed by atoms with E-state index in [1.54, 1.807) is 6.20 Å². The molecule has 1 aliphatic heterocycles. The number of nitrogens with zero attached hydrogens (tertiary/aromatic N) is 2. The van der Waals surface area contributed by atoms with Crippen LogP contribution in [0.3, 0.4) is 0 Å². The molecule has 11 heteroatoms. The first-order valence-corrected chi connectivity index (χ1v) is 10.0. The van der Waals surface area contributed by atoms with Gasteiger partial charge in [0.25, 0.3) is 5.91 Å². The lowest BCUT2D eigenvalue weighted by Gasteiger charge is -2.32. The Kier molecular flexibility index (Phi) is 6.42. The van der Waals surface area contributed by atoms with Gasteiger partial charge >= 0.3 is 12.4 Å². The topological polar surface area (TPSA) is 45.2 Å². The maximum atomic E-state index is 13.0. The van der Waals surface area contributed by atoms with Gasteiger partial charge in [-0.2, -0.15) is 26.3 Å². The number of nitrogens with one attached hydrogen (secondary N) is 1. The van der Waals surface area contributed by atoms with E-state index in [1.807, 2.05) is 0 Å². The number of benzene rings is 1. The number of amides is 1. The van der Waals surface area contributed by atoms with Crippen LogP contribution >= 0.6 is 11.3 Å². The zero-order valence-corrected chi connectivity index (χ0v) is 16.7. The molecule has 2 heterocycles. The van der Waals surface area contributed by atoms with Crippen molar-refractivity contribution in [3.05, 3.63) is 46.0 Å². The van der Waals surface area contributed by atoms with E-state index in [0.717, 1.165) is 35.6 Å². The van der Waals surface area contributed by atoms with Crippen molar-refractivity contribution in [1.29, 1.82) is 0 Å². The van der Waals surface area contributed by atoms with Gasteiger partial charge in [-0.1, -0.05) is 6.42 Å². The van der Waals surface area contributed by atoms with Crippen LogP contribution in [0.25, 0.3) is 0 Å². The van der Waals surface area contributed by atoms with Gasteiger partial charge in [-0.15, -0.1) is 11.3 Å². The Morgan fingerprint density at radius 3 is 2.33 bits per heavy atom. The zero-order chi connectivity index (χ0) is 22.1. The van der Waals surface area contributed by atoms with Crippen LogP contribution < -0.4 is 5.32 Å². The second kappa shape index (κ2) is 8.54. The number of hydrogen-bond donors (Lipinski definition) is 1. The summed E-state index contributed by atoms with van der Waals surface area (Å²) in [7, 11) is 0. The second-order valence-corrected chi connectivity index (χ2v) is 8.31. The van der Waals surface area contributed by atoms with E-state index in [0.29, 0.717) is 24.7 Å². The molecule has 1 atom stereocenters. The molecule has 3 rings (SSSR count). The minimum absolute atomic E-state index is 0.0158. The highest BCUT2D eigenvalue weighted by atomic mass is 32.1. The predicted molar refractivity (Wildman–Crippen MR) is 100 cm³/mol. The fraction of sp³-hybridized carbons (Fsp3) is 0.474. The number of thiazole rings is 1. The molecule has 1 amide bonds. The van der Waals surface area contributed by atoms with E-state index in [-0.39, 0.29) is 11.2 Å². The molecule has 1 aromatic heterocycles. The Morgan fingerprint density at radius 1 is 1.13 bits per heavy atom. The summed E-state index contributed by atoms with van der Waals surface area (Å²) in [6.45, 7) is 3.68. The molecule has 4 nitrogen and oxygen atoms in total. The Balaban J connectivity index is 1.77. The van der Waals surface area contributed by atoms with E-state index in [2.05, 4.69) is 22.1 Å². The number of piperidine rings is 1. The number of likely N-dealkylation sites (tertiary alicyclic amines) is 1. The van der Waals surface area contributed by atoms with Gasteiger partial charge in [0, 0.05) is 29.2 Å². The normalized spacial score (nSPS) is 18.4. The molecule has 0 bridgehead atoms. The number of carbonyl (C=O) groups excluding carboxylic acids is 1. The summed E-state index contributed by atoms with van der Waals surface area (Å²) >= 11 is 1.14. The quantitative estimate of drug-likeness (QED) is 0.597. The highest BCUT2D eigenvalue weighted by molar-refractivity contribution is 7.15. The van der Waals surface area contributed by atoms with Gasteiger partial charge < -0.3 is 0 Å². The van der Waals surface area contributed by atoms with Gasteiger partial charge in [0.05, 0.1) is 11.1 Å². The summed E-state index contributed by atoms with van der Waals surface area (Å²) in [5.41, 5.74) is -3.82. The van der Waals surface area contributed by atoms with Crippen LogP contribution in [0.15, 0.2) is 24.4 Å². The third-order valence-electron chi connectivity index (χ3n) is 4.92. The second-order valence-electron chi connectivity index (χ2n) is 7.20. The van der Waals surface area contributed by atoms with Crippen LogP contribution in [-0.2, 0) is 18.9 Å². The van der Waals surface area contributed by atoms with Gasteiger partial charge in [-0.3, -0.25) is 15.0 Å². The van der Waals surface area contributed by atoms with Crippen molar-refractivity contribution >= 4 is 22.4 Å². The predicted octanol–water partition coefficient (Wildman–Crippen LogP) is 5.81. The van der Waals surface area contributed by atoms with Crippen LogP contribution in [-0.4, -0.2) is 28.4 Å². The summed E-state index contributed by atoms with van der Waals surface area (Å²) in [4.78, 5) is 19.5. The zero-order valence-electron chi connectivity index (χ0n) is 15.9. The first-order chi connectivity index (χ1) is 13.9.